The van der Waals surface area contributed by atoms with Crippen molar-refractivity contribution in [3.8, 4) is 0 Å². The van der Waals surface area contributed by atoms with Crippen LogP contribution in [0.1, 0.15) is 5.56 Å². The second-order valence-corrected chi connectivity index (χ2v) is 4.20. The molecule has 6 nitrogen and oxygen atoms in total. The van der Waals surface area contributed by atoms with Crippen LogP contribution in [-0.2, 0) is 4.79 Å². The smallest absolute Gasteiger partial charge is 0.266 e. The number of benzene rings is 1. The maximum atomic E-state index is 12.9. The van der Waals surface area contributed by atoms with E-state index in [4.69, 9.17) is 0 Å². The summed E-state index contributed by atoms with van der Waals surface area (Å²) in [5.74, 6) is -15.7. The first-order valence-corrected chi connectivity index (χ1v) is 5.71. The quantitative estimate of drug-likeness (QED) is 0.379. The molecular weight excluding hydrogens is 355 g/mol. The molecule has 1 N–H and O–H groups in total. The number of carbonyl (C=O) groups excluding carboxylic acids is 1. The average Bonchev–Trinajstić information content (AvgIpc) is 2.46. The average molecular weight is 361 g/mol. The molecule has 0 spiro atoms. The van der Waals surface area contributed by atoms with E-state index in [0.29, 0.717) is 6.21 Å². The summed E-state index contributed by atoms with van der Waals surface area (Å²) < 4.78 is 86.7. The Morgan fingerprint density at radius 3 is 2.25 bits per heavy atom. The van der Waals surface area contributed by atoms with Gasteiger partial charge in [0.25, 0.3) is 5.69 Å². The van der Waals surface area contributed by atoms with E-state index in [1.165, 1.54) is 6.07 Å². The topological polar surface area (TPSA) is 84.6 Å². The van der Waals surface area contributed by atoms with Crippen LogP contribution >= 0.6 is 0 Å². The standard InChI is InChI=1S/C11H6F7N3O3/c12-9(13,10(14,15)11(16,17)18)8(22)20-19-5-6-2-1-3-7(4-6)21(23)24/h1-5H,(H,20,22)/b19-5+. The number of hydrogen-bond acceptors (Lipinski definition) is 4. The maximum absolute atomic E-state index is 12.9. The molecule has 0 fully saturated rings. The summed E-state index contributed by atoms with van der Waals surface area (Å²) in [4.78, 5) is 20.5. The van der Waals surface area contributed by atoms with Crippen molar-refractivity contribution in [1.29, 1.82) is 0 Å². The molecule has 13 heteroatoms. The van der Waals surface area contributed by atoms with E-state index in [0.717, 1.165) is 23.6 Å². The van der Waals surface area contributed by atoms with Gasteiger partial charge < -0.3 is 0 Å². The number of alkyl halides is 7. The van der Waals surface area contributed by atoms with E-state index in [2.05, 4.69) is 5.10 Å². The van der Waals surface area contributed by atoms with Crippen LogP contribution in [0.4, 0.5) is 36.4 Å². The van der Waals surface area contributed by atoms with Crippen molar-refractivity contribution < 1.29 is 40.5 Å². The molecule has 0 radical (unpaired) electrons. The first kappa shape index (κ1) is 19.3. The third kappa shape index (κ3) is 3.78. The van der Waals surface area contributed by atoms with Crippen LogP contribution in [0, 0.1) is 10.1 Å². The Kier molecular flexibility index (Phi) is 5.16. The molecule has 0 unspecified atom stereocenters. The number of nitro groups is 1. The normalized spacial score (nSPS) is 13.1. The van der Waals surface area contributed by atoms with Gasteiger partial charge in [-0.2, -0.15) is 35.8 Å². The van der Waals surface area contributed by atoms with Crippen molar-refractivity contribution in [1.82, 2.24) is 5.43 Å². The Morgan fingerprint density at radius 1 is 1.17 bits per heavy atom. The lowest BCUT2D eigenvalue weighted by molar-refractivity contribution is -0.384. The highest BCUT2D eigenvalue weighted by Gasteiger charge is 2.76. The predicted molar refractivity (Wildman–Crippen MR) is 64.8 cm³/mol. The van der Waals surface area contributed by atoms with Crippen LogP contribution in [0.3, 0.4) is 0 Å². The number of hydrogen-bond donors (Lipinski definition) is 1. The van der Waals surface area contributed by atoms with Crippen LogP contribution in [0.15, 0.2) is 29.4 Å². The Hall–Kier alpha value is -2.73. The predicted octanol–water partition coefficient (Wildman–Crippen LogP) is 2.88. The molecule has 0 aliphatic carbocycles. The highest BCUT2D eigenvalue weighted by atomic mass is 19.4. The summed E-state index contributed by atoms with van der Waals surface area (Å²) >= 11 is 0. The molecule has 0 heterocycles. The van der Waals surface area contributed by atoms with Crippen molar-refractivity contribution in [2.24, 2.45) is 5.10 Å². The Labute approximate surface area is 128 Å². The second-order valence-electron chi connectivity index (χ2n) is 4.20. The molecule has 132 valence electrons. The summed E-state index contributed by atoms with van der Waals surface area (Å²) in [6, 6.07) is 4.28. The molecule has 0 saturated carbocycles. The number of non-ortho nitro benzene ring substituents is 1. The molecule has 0 aliphatic heterocycles. The van der Waals surface area contributed by atoms with E-state index >= 15 is 0 Å². The van der Waals surface area contributed by atoms with Crippen molar-refractivity contribution in [3.05, 3.63) is 39.9 Å². The number of amides is 1. The second kappa shape index (κ2) is 6.41. The Morgan fingerprint density at radius 2 is 1.75 bits per heavy atom. The van der Waals surface area contributed by atoms with E-state index in [1.807, 2.05) is 0 Å². The lowest BCUT2D eigenvalue weighted by Crippen LogP contribution is -2.58. The largest absolute Gasteiger partial charge is 0.460 e. The highest BCUT2D eigenvalue weighted by Crippen LogP contribution is 2.46. The Bertz CT molecular complexity index is 673. The van der Waals surface area contributed by atoms with Gasteiger partial charge in [-0.15, -0.1) is 0 Å². The van der Waals surface area contributed by atoms with Gasteiger partial charge in [0.2, 0.25) is 0 Å². The van der Waals surface area contributed by atoms with E-state index in [-0.39, 0.29) is 5.56 Å². The van der Waals surface area contributed by atoms with Gasteiger partial charge in [0.1, 0.15) is 0 Å². The molecule has 0 bridgehead atoms. The van der Waals surface area contributed by atoms with Crippen LogP contribution in [0.2, 0.25) is 0 Å². The van der Waals surface area contributed by atoms with E-state index in [9.17, 15) is 45.6 Å². The minimum Gasteiger partial charge on any atom is -0.266 e. The summed E-state index contributed by atoms with van der Waals surface area (Å²) in [6.07, 6.45) is -6.11. The maximum Gasteiger partial charge on any atom is 0.460 e. The molecule has 0 aromatic heterocycles. The Balaban J connectivity index is 2.89. The van der Waals surface area contributed by atoms with Crippen LogP contribution in [0.5, 0.6) is 0 Å². The minimum absolute atomic E-state index is 0.101. The van der Waals surface area contributed by atoms with Gasteiger partial charge >= 0.3 is 23.9 Å². The van der Waals surface area contributed by atoms with Crippen molar-refractivity contribution in [2.75, 3.05) is 0 Å². The molecule has 1 amide bonds. The zero-order chi connectivity index (χ0) is 18.8. The van der Waals surface area contributed by atoms with Gasteiger partial charge in [-0.3, -0.25) is 14.9 Å². The van der Waals surface area contributed by atoms with E-state index in [1.54, 1.807) is 0 Å². The summed E-state index contributed by atoms with van der Waals surface area (Å²) in [5, 5.41) is 13.2. The molecular formula is C11H6F7N3O3. The molecule has 1 aromatic rings. The summed E-state index contributed by atoms with van der Waals surface area (Å²) in [5.41, 5.74) is 0.296. The molecule has 1 aromatic carbocycles. The zero-order valence-electron chi connectivity index (χ0n) is 11.2. The fourth-order valence-corrected chi connectivity index (χ4v) is 1.27. The number of hydrazone groups is 1. The highest BCUT2D eigenvalue weighted by molar-refractivity contribution is 5.87. The van der Waals surface area contributed by atoms with Crippen molar-refractivity contribution >= 4 is 17.8 Å². The molecule has 0 atom stereocenters. The van der Waals surface area contributed by atoms with Crippen molar-refractivity contribution in [3.63, 3.8) is 0 Å². The van der Waals surface area contributed by atoms with Crippen LogP contribution in [-0.4, -0.2) is 35.1 Å². The third-order valence-electron chi connectivity index (χ3n) is 2.50. The van der Waals surface area contributed by atoms with Gasteiger partial charge in [-0.25, -0.2) is 5.43 Å². The SMILES string of the molecule is O=C(N/N=C/c1cccc([N+](=O)[O-])c1)C(F)(F)C(F)(F)C(F)(F)F. The third-order valence-corrected chi connectivity index (χ3v) is 2.50. The lowest BCUT2D eigenvalue weighted by Gasteiger charge is -2.26. The fraction of sp³-hybridized carbons (Fsp3) is 0.273. The molecule has 24 heavy (non-hydrogen) atoms. The van der Waals surface area contributed by atoms with Gasteiger partial charge in [0, 0.05) is 17.7 Å². The number of rotatable bonds is 5. The van der Waals surface area contributed by atoms with Gasteiger partial charge in [-0.05, 0) is 0 Å². The number of carbonyl (C=O) groups is 1. The zero-order valence-corrected chi connectivity index (χ0v) is 11.2. The summed E-state index contributed by atoms with van der Waals surface area (Å²) in [7, 11) is 0. The fourth-order valence-electron chi connectivity index (χ4n) is 1.27. The lowest BCUT2D eigenvalue weighted by atomic mass is 10.1. The number of nitrogens with zero attached hydrogens (tertiary/aromatic N) is 2. The first-order chi connectivity index (χ1) is 10.8. The molecule has 0 aliphatic rings. The van der Waals surface area contributed by atoms with Crippen LogP contribution < -0.4 is 5.43 Å². The molecule has 0 saturated heterocycles. The number of halogens is 7. The molecule has 1 rings (SSSR count). The minimum atomic E-state index is -6.66. The first-order valence-electron chi connectivity index (χ1n) is 5.71. The van der Waals surface area contributed by atoms with Crippen LogP contribution in [0.25, 0.3) is 0 Å². The van der Waals surface area contributed by atoms with Gasteiger partial charge in [-0.1, -0.05) is 12.1 Å². The van der Waals surface area contributed by atoms with Gasteiger partial charge in [0.05, 0.1) is 11.1 Å². The number of nitro benzene ring substituents is 1. The monoisotopic (exact) mass is 361 g/mol. The number of nitrogens with one attached hydrogen (secondary N) is 1. The van der Waals surface area contributed by atoms with Gasteiger partial charge in [0.15, 0.2) is 0 Å². The van der Waals surface area contributed by atoms with E-state index < -0.39 is 34.5 Å². The summed E-state index contributed by atoms with van der Waals surface area (Å²) in [6.45, 7) is 0. The van der Waals surface area contributed by atoms with Crippen molar-refractivity contribution in [2.45, 2.75) is 18.0 Å².